The van der Waals surface area contributed by atoms with Gasteiger partial charge in [0.25, 0.3) is 5.91 Å². The van der Waals surface area contributed by atoms with Gasteiger partial charge in [-0.05, 0) is 42.7 Å². The van der Waals surface area contributed by atoms with Crippen molar-refractivity contribution >= 4 is 34.6 Å². The van der Waals surface area contributed by atoms with Crippen LogP contribution in [-0.2, 0) is 14.3 Å². The molecule has 0 saturated carbocycles. The number of hydrogen-bond acceptors (Lipinski definition) is 5. The fraction of sp³-hybridized carbons (Fsp3) is 0.250. The lowest BCUT2D eigenvalue weighted by atomic mass is 10.0. The molecule has 0 radical (unpaired) electrons. The molecule has 0 aliphatic heterocycles. The van der Waals surface area contributed by atoms with Crippen LogP contribution in [0, 0.1) is 0 Å². The van der Waals surface area contributed by atoms with Crippen LogP contribution in [0.1, 0.15) is 38.0 Å². The molecule has 6 heteroatoms. The minimum absolute atomic E-state index is 0.254. The smallest absolute Gasteiger partial charge is 0.331 e. The topological polar surface area (TPSA) is 77.8 Å². The molecule has 6 nitrogen and oxygen atoms in total. The highest BCUT2D eigenvalue weighted by molar-refractivity contribution is 5.97. The van der Waals surface area contributed by atoms with E-state index in [1.165, 1.54) is 19.1 Å². The highest BCUT2D eigenvalue weighted by Crippen LogP contribution is 2.29. The van der Waals surface area contributed by atoms with E-state index in [0.29, 0.717) is 22.8 Å². The third-order valence-electron chi connectivity index (χ3n) is 4.63. The van der Waals surface area contributed by atoms with Crippen molar-refractivity contribution in [2.75, 3.05) is 12.4 Å². The summed E-state index contributed by atoms with van der Waals surface area (Å²) < 4.78 is 16.2. The Labute approximate surface area is 175 Å². The van der Waals surface area contributed by atoms with E-state index in [0.717, 1.165) is 10.9 Å². The summed E-state index contributed by atoms with van der Waals surface area (Å²) in [6.07, 6.45) is 1.79. The van der Waals surface area contributed by atoms with Crippen molar-refractivity contribution in [2.45, 2.75) is 32.8 Å². The fourth-order valence-corrected chi connectivity index (χ4v) is 3.07. The van der Waals surface area contributed by atoms with Crippen LogP contribution in [0.4, 0.5) is 5.69 Å². The minimum Gasteiger partial charge on any atom is -0.493 e. The number of nitrogens with one attached hydrogen (secondary N) is 1. The van der Waals surface area contributed by atoms with Gasteiger partial charge in [0.15, 0.2) is 17.4 Å². The monoisotopic (exact) mass is 407 g/mol. The largest absolute Gasteiger partial charge is 0.493 e. The van der Waals surface area contributed by atoms with Crippen molar-refractivity contribution < 1.29 is 23.5 Å². The molecule has 1 amide bonds. The quantitative estimate of drug-likeness (QED) is 0.433. The Bertz CT molecular complexity index is 1080. The minimum atomic E-state index is -0.946. The van der Waals surface area contributed by atoms with E-state index in [9.17, 15) is 9.59 Å². The van der Waals surface area contributed by atoms with Crippen molar-refractivity contribution in [3.05, 3.63) is 65.9 Å². The number of hydrogen-bond donors (Lipinski definition) is 1. The Morgan fingerprint density at radius 1 is 1.07 bits per heavy atom. The molecule has 0 spiro atoms. The first-order chi connectivity index (χ1) is 14.4. The first-order valence-electron chi connectivity index (χ1n) is 9.74. The van der Waals surface area contributed by atoms with Crippen LogP contribution in [0.15, 0.2) is 59.0 Å². The Morgan fingerprint density at radius 3 is 2.57 bits per heavy atom. The van der Waals surface area contributed by atoms with Crippen LogP contribution in [0.5, 0.6) is 5.75 Å². The van der Waals surface area contributed by atoms with Crippen molar-refractivity contribution in [1.29, 1.82) is 0 Å². The van der Waals surface area contributed by atoms with Crippen LogP contribution in [0.3, 0.4) is 0 Å². The van der Waals surface area contributed by atoms with Crippen molar-refractivity contribution in [3.8, 4) is 5.75 Å². The molecule has 1 unspecified atom stereocenters. The number of furan rings is 1. The van der Waals surface area contributed by atoms with Crippen LogP contribution in [0.25, 0.3) is 17.0 Å². The standard InChI is InChI=1S/C24H25NO5/c1-15(2)19-9-5-6-10-20(19)25-24(27)16(3)29-22(26)13-12-18-14-17-8-7-11-21(28-4)23(17)30-18/h5-16H,1-4H3,(H,25,27). The molecular formula is C24H25NO5. The summed E-state index contributed by atoms with van der Waals surface area (Å²) >= 11 is 0. The second-order valence-electron chi connectivity index (χ2n) is 7.17. The molecular weight excluding hydrogens is 382 g/mol. The van der Waals surface area contributed by atoms with E-state index in [-0.39, 0.29) is 5.92 Å². The molecule has 156 valence electrons. The maximum Gasteiger partial charge on any atom is 0.331 e. The number of rotatable bonds is 7. The molecule has 0 saturated heterocycles. The van der Waals surface area contributed by atoms with Gasteiger partial charge in [-0.3, -0.25) is 4.79 Å². The zero-order valence-corrected chi connectivity index (χ0v) is 17.5. The number of benzene rings is 2. The van der Waals surface area contributed by atoms with E-state index in [2.05, 4.69) is 5.32 Å². The number of carbonyl (C=O) groups is 2. The normalized spacial score (nSPS) is 12.3. The Morgan fingerprint density at radius 2 is 1.83 bits per heavy atom. The number of methoxy groups -OCH3 is 1. The van der Waals surface area contributed by atoms with Crippen molar-refractivity contribution in [3.63, 3.8) is 0 Å². The van der Waals surface area contributed by atoms with Crippen LogP contribution < -0.4 is 10.1 Å². The Balaban J connectivity index is 1.62. The number of carbonyl (C=O) groups excluding carboxylic acids is 2. The van der Waals surface area contributed by atoms with Crippen LogP contribution >= 0.6 is 0 Å². The summed E-state index contributed by atoms with van der Waals surface area (Å²) in [6, 6.07) is 14.9. The van der Waals surface area contributed by atoms with Gasteiger partial charge in [0.05, 0.1) is 7.11 Å². The van der Waals surface area contributed by atoms with Crippen LogP contribution in [0.2, 0.25) is 0 Å². The molecule has 2 aromatic carbocycles. The number of amides is 1. The SMILES string of the molecule is COc1cccc2cc(C=CC(=O)OC(C)C(=O)Nc3ccccc3C(C)C)oc12. The van der Waals surface area contributed by atoms with Crippen molar-refractivity contribution in [1.82, 2.24) is 0 Å². The first-order valence-corrected chi connectivity index (χ1v) is 9.74. The molecule has 1 atom stereocenters. The molecule has 1 N–H and O–H groups in total. The third-order valence-corrected chi connectivity index (χ3v) is 4.63. The maximum atomic E-state index is 12.4. The molecule has 0 aliphatic carbocycles. The number of anilines is 1. The second kappa shape index (κ2) is 9.31. The molecule has 0 bridgehead atoms. The van der Waals surface area contributed by atoms with Gasteiger partial charge in [-0.15, -0.1) is 0 Å². The zero-order valence-electron chi connectivity index (χ0n) is 17.5. The van der Waals surface area contributed by atoms with E-state index in [1.54, 1.807) is 19.2 Å². The van der Waals surface area contributed by atoms with E-state index < -0.39 is 18.0 Å². The van der Waals surface area contributed by atoms with E-state index in [4.69, 9.17) is 13.9 Å². The first kappa shape index (κ1) is 21.2. The Kier molecular flexibility index (Phi) is 6.57. The zero-order chi connectivity index (χ0) is 21.7. The summed E-state index contributed by atoms with van der Waals surface area (Å²) in [5.41, 5.74) is 2.33. The summed E-state index contributed by atoms with van der Waals surface area (Å²) in [5.74, 6) is 0.321. The lowest BCUT2D eigenvalue weighted by Gasteiger charge is -2.16. The molecule has 1 aromatic heterocycles. The van der Waals surface area contributed by atoms with Crippen LogP contribution in [-0.4, -0.2) is 25.1 Å². The molecule has 1 heterocycles. The molecule has 3 aromatic rings. The number of esters is 1. The van der Waals surface area contributed by atoms with Gasteiger partial charge in [-0.1, -0.05) is 44.2 Å². The Hall–Kier alpha value is -3.54. The van der Waals surface area contributed by atoms with Gasteiger partial charge in [0, 0.05) is 17.1 Å². The predicted molar refractivity (Wildman–Crippen MR) is 117 cm³/mol. The van der Waals surface area contributed by atoms with Crippen molar-refractivity contribution in [2.24, 2.45) is 0 Å². The van der Waals surface area contributed by atoms with Gasteiger partial charge in [-0.25, -0.2) is 4.79 Å². The summed E-state index contributed by atoms with van der Waals surface area (Å²) in [7, 11) is 1.57. The maximum absolute atomic E-state index is 12.4. The lowest BCUT2D eigenvalue weighted by molar-refractivity contribution is -0.148. The summed E-state index contributed by atoms with van der Waals surface area (Å²) in [4.78, 5) is 24.6. The number of para-hydroxylation sites is 2. The van der Waals surface area contributed by atoms with Gasteiger partial charge < -0.3 is 19.2 Å². The highest BCUT2D eigenvalue weighted by Gasteiger charge is 2.18. The highest BCUT2D eigenvalue weighted by atomic mass is 16.5. The van der Waals surface area contributed by atoms with Gasteiger partial charge in [-0.2, -0.15) is 0 Å². The molecule has 30 heavy (non-hydrogen) atoms. The molecule has 3 rings (SSSR count). The average molecular weight is 407 g/mol. The predicted octanol–water partition coefficient (Wildman–Crippen LogP) is 5.15. The second-order valence-corrected chi connectivity index (χ2v) is 7.17. The third kappa shape index (κ3) is 4.89. The van der Waals surface area contributed by atoms with Gasteiger partial charge >= 0.3 is 5.97 Å². The number of fused-ring (bicyclic) bond motifs is 1. The fourth-order valence-electron chi connectivity index (χ4n) is 3.07. The average Bonchev–Trinajstić information content (AvgIpc) is 3.15. The lowest BCUT2D eigenvalue weighted by Crippen LogP contribution is -2.29. The van der Waals surface area contributed by atoms with Gasteiger partial charge in [0.1, 0.15) is 5.76 Å². The molecule has 0 fully saturated rings. The van der Waals surface area contributed by atoms with E-state index in [1.807, 2.05) is 50.2 Å². The summed E-state index contributed by atoms with van der Waals surface area (Å²) in [6.45, 7) is 5.63. The molecule has 0 aliphatic rings. The number of ether oxygens (including phenoxy) is 2. The van der Waals surface area contributed by atoms with Gasteiger partial charge in [0.2, 0.25) is 0 Å². The van der Waals surface area contributed by atoms with E-state index >= 15 is 0 Å². The summed E-state index contributed by atoms with van der Waals surface area (Å²) in [5, 5.41) is 3.69.